The van der Waals surface area contributed by atoms with Gasteiger partial charge in [0.05, 0.1) is 6.61 Å². The lowest BCUT2D eigenvalue weighted by molar-refractivity contribution is -0.124. The van der Waals surface area contributed by atoms with Crippen molar-refractivity contribution in [2.24, 2.45) is 5.92 Å². The normalized spacial score (nSPS) is 11.5. The van der Waals surface area contributed by atoms with Crippen LogP contribution in [0.5, 0.6) is 5.75 Å². The molecule has 23 heavy (non-hydrogen) atoms. The van der Waals surface area contributed by atoms with Gasteiger partial charge in [0.2, 0.25) is 5.91 Å². The molecule has 1 aromatic rings. The average Bonchev–Trinajstić information content (AvgIpc) is 2.50. The fourth-order valence-corrected chi connectivity index (χ4v) is 2.23. The van der Waals surface area contributed by atoms with Crippen LogP contribution in [0.2, 0.25) is 0 Å². The van der Waals surface area contributed by atoms with E-state index >= 15 is 0 Å². The molecule has 0 aliphatic heterocycles. The van der Waals surface area contributed by atoms with Crippen LogP contribution in [-0.2, 0) is 11.3 Å². The number of carbonyl (C=O) groups is 1. The topological polar surface area (TPSA) is 50.4 Å². The Balaban J connectivity index is 0.00000484. The highest BCUT2D eigenvalue weighted by Crippen LogP contribution is 2.21. The zero-order chi connectivity index (χ0) is 16.4. The van der Waals surface area contributed by atoms with Crippen molar-refractivity contribution in [3.05, 3.63) is 29.3 Å². The average molecular weight is 343 g/mol. The second-order valence-electron chi connectivity index (χ2n) is 5.84. The van der Waals surface area contributed by atoms with Crippen molar-refractivity contribution < 1.29 is 9.53 Å². The first-order valence-corrected chi connectivity index (χ1v) is 8.23. The summed E-state index contributed by atoms with van der Waals surface area (Å²) in [5.74, 6) is 0.911. The van der Waals surface area contributed by atoms with Gasteiger partial charge < -0.3 is 15.4 Å². The second-order valence-corrected chi connectivity index (χ2v) is 5.84. The Hall–Kier alpha value is -1.26. The standard InChI is InChI=1S/C18H30N2O2.ClH/c1-5-6-7-10-22-17-11-14(2)8-9-16(17)13-20-18(21)15(3)12-19-4;/h8-9,11,15,19H,5-7,10,12-13H2,1-4H3,(H,20,21);1H. The quantitative estimate of drug-likeness (QED) is 0.640. The van der Waals surface area contributed by atoms with Gasteiger partial charge in [0.25, 0.3) is 0 Å². The molecule has 0 saturated carbocycles. The summed E-state index contributed by atoms with van der Waals surface area (Å²) in [5, 5.41) is 6.01. The molecule has 4 nitrogen and oxygen atoms in total. The molecule has 0 fully saturated rings. The summed E-state index contributed by atoms with van der Waals surface area (Å²) in [4.78, 5) is 12.0. The molecule has 5 heteroatoms. The van der Waals surface area contributed by atoms with Crippen molar-refractivity contribution in [2.45, 2.75) is 46.6 Å². The number of unbranched alkanes of at least 4 members (excludes halogenated alkanes) is 2. The summed E-state index contributed by atoms with van der Waals surface area (Å²) in [7, 11) is 1.85. The summed E-state index contributed by atoms with van der Waals surface area (Å²) < 4.78 is 5.90. The largest absolute Gasteiger partial charge is 0.493 e. The SMILES string of the molecule is CCCCCOc1cc(C)ccc1CNC(=O)C(C)CNC.Cl. The Morgan fingerprint density at radius 2 is 2.04 bits per heavy atom. The van der Waals surface area contributed by atoms with Gasteiger partial charge >= 0.3 is 0 Å². The smallest absolute Gasteiger partial charge is 0.224 e. The van der Waals surface area contributed by atoms with Gasteiger partial charge in [0.1, 0.15) is 5.75 Å². The van der Waals surface area contributed by atoms with Gasteiger partial charge in [-0.2, -0.15) is 0 Å². The van der Waals surface area contributed by atoms with Crippen LogP contribution in [0.15, 0.2) is 18.2 Å². The van der Waals surface area contributed by atoms with E-state index in [1.165, 1.54) is 18.4 Å². The Kier molecular flexibility index (Phi) is 11.5. The fourth-order valence-electron chi connectivity index (χ4n) is 2.23. The first-order valence-electron chi connectivity index (χ1n) is 8.23. The maximum Gasteiger partial charge on any atom is 0.224 e. The second kappa shape index (κ2) is 12.2. The maximum atomic E-state index is 12.0. The molecular weight excluding hydrogens is 312 g/mol. The lowest BCUT2D eigenvalue weighted by Crippen LogP contribution is -2.34. The van der Waals surface area contributed by atoms with E-state index in [9.17, 15) is 4.79 Å². The minimum atomic E-state index is -0.0376. The van der Waals surface area contributed by atoms with Crippen LogP contribution in [0, 0.1) is 12.8 Å². The minimum Gasteiger partial charge on any atom is -0.493 e. The highest BCUT2D eigenvalue weighted by atomic mass is 35.5. The van der Waals surface area contributed by atoms with E-state index in [0.29, 0.717) is 13.1 Å². The maximum absolute atomic E-state index is 12.0. The molecule has 0 aromatic heterocycles. The number of nitrogens with one attached hydrogen (secondary N) is 2. The van der Waals surface area contributed by atoms with Gasteiger partial charge in [-0.15, -0.1) is 12.4 Å². The van der Waals surface area contributed by atoms with Crippen LogP contribution in [0.3, 0.4) is 0 Å². The number of halogens is 1. The zero-order valence-corrected chi connectivity index (χ0v) is 15.6. The molecular formula is C18H31ClN2O2. The van der Waals surface area contributed by atoms with E-state index in [-0.39, 0.29) is 24.2 Å². The van der Waals surface area contributed by atoms with E-state index < -0.39 is 0 Å². The van der Waals surface area contributed by atoms with Crippen molar-refractivity contribution in [1.82, 2.24) is 10.6 Å². The molecule has 0 spiro atoms. The highest BCUT2D eigenvalue weighted by molar-refractivity contribution is 5.85. The van der Waals surface area contributed by atoms with Crippen molar-refractivity contribution in [3.63, 3.8) is 0 Å². The van der Waals surface area contributed by atoms with Crippen LogP contribution in [0.4, 0.5) is 0 Å². The number of benzene rings is 1. The van der Waals surface area contributed by atoms with Crippen LogP contribution in [0.25, 0.3) is 0 Å². The van der Waals surface area contributed by atoms with Gasteiger partial charge in [-0.1, -0.05) is 38.8 Å². The molecule has 1 rings (SSSR count). The van der Waals surface area contributed by atoms with Crippen molar-refractivity contribution >= 4 is 18.3 Å². The van der Waals surface area contributed by atoms with E-state index in [0.717, 1.165) is 24.3 Å². The number of hydrogen-bond acceptors (Lipinski definition) is 3. The molecule has 1 atom stereocenters. The predicted octanol–water partition coefficient (Wildman–Crippen LogP) is 3.46. The Morgan fingerprint density at radius 3 is 2.70 bits per heavy atom. The molecule has 2 N–H and O–H groups in total. The fraction of sp³-hybridized carbons (Fsp3) is 0.611. The Morgan fingerprint density at radius 1 is 1.30 bits per heavy atom. The van der Waals surface area contributed by atoms with Gasteiger partial charge in [0, 0.05) is 24.6 Å². The highest BCUT2D eigenvalue weighted by Gasteiger charge is 2.12. The van der Waals surface area contributed by atoms with Gasteiger partial charge in [0.15, 0.2) is 0 Å². The molecule has 1 amide bonds. The molecule has 0 saturated heterocycles. The third-order valence-electron chi connectivity index (χ3n) is 3.64. The Bertz CT molecular complexity index is 466. The number of carbonyl (C=O) groups excluding carboxylic acids is 1. The molecule has 0 radical (unpaired) electrons. The van der Waals surface area contributed by atoms with E-state index in [1.807, 2.05) is 26.1 Å². The summed E-state index contributed by atoms with van der Waals surface area (Å²) >= 11 is 0. The zero-order valence-electron chi connectivity index (χ0n) is 14.8. The monoisotopic (exact) mass is 342 g/mol. The van der Waals surface area contributed by atoms with Crippen LogP contribution in [-0.4, -0.2) is 26.1 Å². The number of hydrogen-bond donors (Lipinski definition) is 2. The summed E-state index contributed by atoms with van der Waals surface area (Å²) in [6.07, 6.45) is 3.43. The molecule has 0 aliphatic carbocycles. The van der Waals surface area contributed by atoms with Crippen LogP contribution in [0.1, 0.15) is 44.2 Å². The third-order valence-corrected chi connectivity index (χ3v) is 3.64. The Labute approximate surface area is 146 Å². The molecule has 0 heterocycles. The molecule has 0 bridgehead atoms. The molecule has 0 aliphatic rings. The lowest BCUT2D eigenvalue weighted by atomic mass is 10.1. The number of ether oxygens (including phenoxy) is 1. The van der Waals surface area contributed by atoms with E-state index in [4.69, 9.17) is 4.74 Å². The van der Waals surface area contributed by atoms with Crippen molar-refractivity contribution in [2.75, 3.05) is 20.2 Å². The van der Waals surface area contributed by atoms with Gasteiger partial charge in [-0.05, 0) is 32.0 Å². The number of aryl methyl sites for hydroxylation is 1. The third kappa shape index (κ3) is 8.24. The summed E-state index contributed by atoms with van der Waals surface area (Å²) in [6, 6.07) is 6.13. The van der Waals surface area contributed by atoms with Crippen LogP contribution < -0.4 is 15.4 Å². The van der Waals surface area contributed by atoms with Crippen molar-refractivity contribution in [3.8, 4) is 5.75 Å². The molecule has 1 unspecified atom stereocenters. The summed E-state index contributed by atoms with van der Waals surface area (Å²) in [6.45, 7) is 8.07. The van der Waals surface area contributed by atoms with Gasteiger partial charge in [-0.25, -0.2) is 0 Å². The first-order chi connectivity index (χ1) is 10.6. The lowest BCUT2D eigenvalue weighted by Gasteiger charge is -2.15. The number of rotatable bonds is 10. The van der Waals surface area contributed by atoms with Crippen LogP contribution >= 0.6 is 12.4 Å². The van der Waals surface area contributed by atoms with E-state index in [2.05, 4.69) is 30.5 Å². The molecule has 1 aromatic carbocycles. The predicted molar refractivity (Wildman–Crippen MR) is 98.4 cm³/mol. The van der Waals surface area contributed by atoms with E-state index in [1.54, 1.807) is 0 Å². The molecule has 132 valence electrons. The number of amides is 1. The summed E-state index contributed by atoms with van der Waals surface area (Å²) in [5.41, 5.74) is 2.20. The first kappa shape index (κ1) is 21.7. The van der Waals surface area contributed by atoms with Crippen molar-refractivity contribution in [1.29, 1.82) is 0 Å². The van der Waals surface area contributed by atoms with Gasteiger partial charge in [-0.3, -0.25) is 4.79 Å². The minimum absolute atomic E-state index is 0.